The second-order valence-electron chi connectivity index (χ2n) is 9.78. The van der Waals surface area contributed by atoms with E-state index >= 15 is 0 Å². The van der Waals surface area contributed by atoms with E-state index in [1.165, 1.54) is 12.1 Å². The molecule has 0 saturated carbocycles. The van der Waals surface area contributed by atoms with Crippen molar-refractivity contribution in [2.75, 3.05) is 13.2 Å². The number of hydrogen-bond donors (Lipinski definition) is 2. The average molecular weight is 563 g/mol. The van der Waals surface area contributed by atoms with Gasteiger partial charge in [-0.05, 0) is 68.4 Å². The van der Waals surface area contributed by atoms with Gasteiger partial charge in [0.2, 0.25) is 0 Å². The number of aliphatic hydroxyl groups is 2. The highest BCUT2D eigenvalue weighted by Gasteiger charge is 2.34. The van der Waals surface area contributed by atoms with Gasteiger partial charge >= 0.3 is 12.1 Å². The SMILES string of the molecule is C=CC(=O)OCCCC(O)C(O)CCCOc1ccc2cc(-c3ccc(CCCCC)cc3C(F)(F)F)oc2c1. The number of fused-ring (bicyclic) bond motifs is 1. The summed E-state index contributed by atoms with van der Waals surface area (Å²) in [6.45, 7) is 5.75. The molecule has 218 valence electrons. The first-order valence-corrected chi connectivity index (χ1v) is 13.6. The number of halogens is 3. The van der Waals surface area contributed by atoms with Crippen molar-refractivity contribution < 1.29 is 42.1 Å². The minimum atomic E-state index is -4.51. The van der Waals surface area contributed by atoms with Crippen LogP contribution in [0.25, 0.3) is 22.3 Å². The van der Waals surface area contributed by atoms with Gasteiger partial charge in [0.05, 0.1) is 31.0 Å². The molecule has 0 saturated heterocycles. The Hall–Kier alpha value is -3.30. The lowest BCUT2D eigenvalue weighted by Crippen LogP contribution is -2.26. The van der Waals surface area contributed by atoms with Crippen molar-refractivity contribution in [3.63, 3.8) is 0 Å². The fraction of sp³-hybridized carbons (Fsp3) is 0.452. The number of unbranched alkanes of at least 4 members (excludes halogenated alkanes) is 2. The van der Waals surface area contributed by atoms with E-state index in [1.807, 2.05) is 0 Å². The quantitative estimate of drug-likeness (QED) is 0.109. The Morgan fingerprint density at radius 3 is 2.40 bits per heavy atom. The molecule has 1 aromatic heterocycles. The number of rotatable bonds is 16. The number of carbonyl (C=O) groups excluding carboxylic acids is 1. The Bertz CT molecular complexity index is 1250. The Morgan fingerprint density at radius 1 is 1.00 bits per heavy atom. The minimum Gasteiger partial charge on any atom is -0.493 e. The van der Waals surface area contributed by atoms with Gasteiger partial charge in [-0.1, -0.05) is 38.5 Å². The van der Waals surface area contributed by atoms with Gasteiger partial charge in [0.25, 0.3) is 0 Å². The number of aryl methyl sites for hydroxylation is 1. The zero-order valence-corrected chi connectivity index (χ0v) is 22.7. The first-order valence-electron chi connectivity index (χ1n) is 13.6. The number of aliphatic hydroxyl groups excluding tert-OH is 2. The number of furan rings is 1. The van der Waals surface area contributed by atoms with E-state index in [0.717, 1.165) is 25.3 Å². The molecule has 0 amide bonds. The molecule has 9 heteroatoms. The maximum absolute atomic E-state index is 13.9. The molecule has 0 fully saturated rings. The van der Waals surface area contributed by atoms with Crippen molar-refractivity contribution >= 4 is 16.9 Å². The third-order valence-corrected chi connectivity index (χ3v) is 6.63. The first kappa shape index (κ1) is 31.2. The summed E-state index contributed by atoms with van der Waals surface area (Å²) in [5.41, 5.74) is 0.343. The number of hydrogen-bond acceptors (Lipinski definition) is 6. The van der Waals surface area contributed by atoms with Crippen LogP contribution in [0, 0.1) is 0 Å². The molecule has 0 radical (unpaired) electrons. The van der Waals surface area contributed by atoms with E-state index in [1.54, 1.807) is 30.3 Å². The van der Waals surface area contributed by atoms with Crippen LogP contribution in [0.4, 0.5) is 13.2 Å². The van der Waals surface area contributed by atoms with Crippen LogP contribution in [0.15, 0.2) is 59.5 Å². The van der Waals surface area contributed by atoms with Crippen LogP contribution in [0.3, 0.4) is 0 Å². The summed E-state index contributed by atoms with van der Waals surface area (Å²) in [5.74, 6) is 0.0831. The van der Waals surface area contributed by atoms with Gasteiger partial charge < -0.3 is 24.1 Å². The standard InChI is InChI=1S/C31H37F3O6/c1-3-5-6-9-21-12-15-24(25(18-21)31(32,33)34)29-19-22-13-14-23(20-28(22)40-29)38-16-7-10-26(35)27(36)11-8-17-39-30(37)4-2/h4,12-15,18-20,26-27,35-36H,2-3,5-11,16-17H2,1H3. The topological polar surface area (TPSA) is 89.1 Å². The fourth-order valence-corrected chi connectivity index (χ4v) is 4.40. The van der Waals surface area contributed by atoms with Gasteiger partial charge in [0.1, 0.15) is 17.1 Å². The summed E-state index contributed by atoms with van der Waals surface area (Å²) < 4.78 is 58.1. The molecule has 0 spiro atoms. The largest absolute Gasteiger partial charge is 0.493 e. The second kappa shape index (κ2) is 14.9. The van der Waals surface area contributed by atoms with Crippen LogP contribution in [0.5, 0.6) is 5.75 Å². The Labute approximate surface area is 232 Å². The van der Waals surface area contributed by atoms with Gasteiger partial charge in [-0.3, -0.25) is 0 Å². The Kier molecular flexibility index (Phi) is 11.6. The van der Waals surface area contributed by atoms with Gasteiger partial charge in [-0.2, -0.15) is 13.2 Å². The molecule has 1 heterocycles. The summed E-state index contributed by atoms with van der Waals surface area (Å²) in [7, 11) is 0. The molecule has 0 aliphatic rings. The van der Waals surface area contributed by atoms with Gasteiger partial charge in [-0.15, -0.1) is 0 Å². The predicted molar refractivity (Wildman–Crippen MR) is 147 cm³/mol. The summed E-state index contributed by atoms with van der Waals surface area (Å²) in [6, 6.07) is 11.1. The van der Waals surface area contributed by atoms with E-state index in [4.69, 9.17) is 13.9 Å². The van der Waals surface area contributed by atoms with Crippen molar-refractivity contribution in [2.24, 2.45) is 0 Å². The molecule has 6 nitrogen and oxygen atoms in total. The fourth-order valence-electron chi connectivity index (χ4n) is 4.40. The molecule has 40 heavy (non-hydrogen) atoms. The van der Waals surface area contributed by atoms with E-state index in [-0.39, 0.29) is 31.0 Å². The first-order chi connectivity index (χ1) is 19.1. The van der Waals surface area contributed by atoms with Crippen LogP contribution >= 0.6 is 0 Å². The third-order valence-electron chi connectivity index (χ3n) is 6.63. The monoisotopic (exact) mass is 562 g/mol. The lowest BCUT2D eigenvalue weighted by molar-refractivity contribution is -0.138. The van der Waals surface area contributed by atoms with Crippen molar-refractivity contribution in [1.82, 2.24) is 0 Å². The van der Waals surface area contributed by atoms with Crippen LogP contribution in [0.1, 0.15) is 63.0 Å². The zero-order valence-electron chi connectivity index (χ0n) is 22.7. The molecular formula is C31H37F3O6. The maximum atomic E-state index is 13.9. The number of ether oxygens (including phenoxy) is 2. The molecule has 2 N–H and O–H groups in total. The smallest absolute Gasteiger partial charge is 0.417 e. The van der Waals surface area contributed by atoms with Crippen molar-refractivity contribution in [1.29, 1.82) is 0 Å². The maximum Gasteiger partial charge on any atom is 0.417 e. The van der Waals surface area contributed by atoms with E-state index in [2.05, 4.69) is 13.5 Å². The average Bonchev–Trinajstić information content (AvgIpc) is 3.36. The number of esters is 1. The molecule has 3 aromatic rings. The molecule has 2 atom stereocenters. The highest BCUT2D eigenvalue weighted by molar-refractivity contribution is 5.84. The van der Waals surface area contributed by atoms with E-state index in [0.29, 0.717) is 48.0 Å². The van der Waals surface area contributed by atoms with Gasteiger partial charge in [0, 0.05) is 23.1 Å². The second-order valence-corrected chi connectivity index (χ2v) is 9.78. The summed E-state index contributed by atoms with van der Waals surface area (Å²) >= 11 is 0. The number of alkyl halides is 3. The minimum absolute atomic E-state index is 0.00294. The molecule has 2 unspecified atom stereocenters. The summed E-state index contributed by atoms with van der Waals surface area (Å²) in [6.07, 6.45) is -0.494. The lowest BCUT2D eigenvalue weighted by atomic mass is 9.98. The van der Waals surface area contributed by atoms with Crippen LogP contribution in [0.2, 0.25) is 0 Å². The highest BCUT2D eigenvalue weighted by atomic mass is 19.4. The molecule has 0 aliphatic heterocycles. The molecule has 0 bridgehead atoms. The number of benzene rings is 2. The van der Waals surface area contributed by atoms with Gasteiger partial charge in [0.15, 0.2) is 0 Å². The molecule has 0 aliphatic carbocycles. The van der Waals surface area contributed by atoms with E-state index in [9.17, 15) is 28.2 Å². The molecule has 2 aromatic carbocycles. The van der Waals surface area contributed by atoms with Crippen molar-refractivity contribution in [3.8, 4) is 17.1 Å². The van der Waals surface area contributed by atoms with Crippen LogP contribution in [-0.4, -0.2) is 41.6 Å². The zero-order chi connectivity index (χ0) is 29.1. The van der Waals surface area contributed by atoms with Crippen LogP contribution < -0.4 is 4.74 Å². The highest BCUT2D eigenvalue weighted by Crippen LogP contribution is 2.40. The normalized spacial score (nSPS) is 13.2. The van der Waals surface area contributed by atoms with Crippen LogP contribution in [-0.2, 0) is 22.1 Å². The molecular weight excluding hydrogens is 525 g/mol. The van der Waals surface area contributed by atoms with Gasteiger partial charge in [-0.25, -0.2) is 4.79 Å². The lowest BCUT2D eigenvalue weighted by Gasteiger charge is -2.17. The molecule has 3 rings (SSSR count). The predicted octanol–water partition coefficient (Wildman–Crippen LogP) is 7.24. The summed E-state index contributed by atoms with van der Waals surface area (Å²) in [4.78, 5) is 11.0. The Balaban J connectivity index is 1.57. The van der Waals surface area contributed by atoms with E-state index < -0.39 is 29.9 Å². The number of carbonyl (C=O) groups is 1. The van der Waals surface area contributed by atoms with Crippen molar-refractivity contribution in [2.45, 2.75) is 76.7 Å². The third kappa shape index (κ3) is 9.13. The summed E-state index contributed by atoms with van der Waals surface area (Å²) in [5, 5.41) is 20.9. The Morgan fingerprint density at radius 2 is 1.73 bits per heavy atom. The van der Waals surface area contributed by atoms with Crippen molar-refractivity contribution in [3.05, 3.63) is 66.2 Å².